The fourth-order valence-corrected chi connectivity index (χ4v) is 4.89. The smallest absolute Gasteiger partial charge is 0.220 e. The first-order valence-electron chi connectivity index (χ1n) is 11.5. The summed E-state index contributed by atoms with van der Waals surface area (Å²) >= 11 is 14.0. The van der Waals surface area contributed by atoms with Crippen molar-refractivity contribution in [2.24, 2.45) is 0 Å². The molecule has 0 saturated heterocycles. The van der Waals surface area contributed by atoms with E-state index in [-0.39, 0.29) is 18.3 Å². The van der Waals surface area contributed by atoms with Crippen molar-refractivity contribution < 1.29 is 9.18 Å². The average Bonchev–Trinajstić information content (AvgIpc) is 3.22. The van der Waals surface area contributed by atoms with Crippen LogP contribution in [-0.4, -0.2) is 20.7 Å². The SMILES string of the molecule is CCCCCCCCC(=O)NCc1nnc(SCc2ccc(F)cc2)n1-c1ccc(Cl)cc1Cl. The monoisotopic (exact) mass is 522 g/mol. The fraction of sp³-hybridized carbons (Fsp3) is 0.400. The quantitative estimate of drug-likeness (QED) is 0.188. The van der Waals surface area contributed by atoms with E-state index in [2.05, 4.69) is 22.4 Å². The minimum Gasteiger partial charge on any atom is -0.349 e. The van der Waals surface area contributed by atoms with Crippen LogP contribution in [0.25, 0.3) is 5.69 Å². The molecular weight excluding hydrogens is 494 g/mol. The summed E-state index contributed by atoms with van der Waals surface area (Å²) in [5.74, 6) is 0.868. The second-order valence-corrected chi connectivity index (χ2v) is 9.83. The zero-order valence-corrected chi connectivity index (χ0v) is 21.5. The van der Waals surface area contributed by atoms with Gasteiger partial charge in [-0.3, -0.25) is 9.36 Å². The number of carbonyl (C=O) groups is 1. The van der Waals surface area contributed by atoms with Gasteiger partial charge in [-0.05, 0) is 42.3 Å². The fourth-order valence-electron chi connectivity index (χ4n) is 3.47. The molecule has 182 valence electrons. The molecule has 1 heterocycles. The number of thioether (sulfide) groups is 1. The number of nitrogens with zero attached hydrogens (tertiary/aromatic N) is 3. The Hall–Kier alpha value is -2.09. The predicted molar refractivity (Wildman–Crippen MR) is 137 cm³/mol. The maximum Gasteiger partial charge on any atom is 0.220 e. The summed E-state index contributed by atoms with van der Waals surface area (Å²) in [4.78, 5) is 12.4. The molecule has 0 atom stereocenters. The number of hydrogen-bond acceptors (Lipinski definition) is 4. The van der Waals surface area contributed by atoms with E-state index in [4.69, 9.17) is 23.2 Å². The number of benzene rings is 2. The Morgan fingerprint density at radius 1 is 1.03 bits per heavy atom. The lowest BCUT2D eigenvalue weighted by atomic mass is 10.1. The van der Waals surface area contributed by atoms with Crippen LogP contribution in [0.3, 0.4) is 0 Å². The van der Waals surface area contributed by atoms with Crippen LogP contribution in [-0.2, 0) is 17.1 Å². The first kappa shape index (κ1) is 26.5. The Bertz CT molecular complexity index is 1080. The molecule has 0 saturated carbocycles. The summed E-state index contributed by atoms with van der Waals surface area (Å²) in [6.07, 6.45) is 7.28. The zero-order valence-electron chi connectivity index (χ0n) is 19.2. The van der Waals surface area contributed by atoms with E-state index < -0.39 is 0 Å². The number of carbonyl (C=O) groups excluding carboxylic acids is 1. The van der Waals surface area contributed by atoms with Crippen LogP contribution in [0.15, 0.2) is 47.6 Å². The molecule has 0 aliphatic heterocycles. The molecule has 0 bridgehead atoms. The van der Waals surface area contributed by atoms with E-state index >= 15 is 0 Å². The van der Waals surface area contributed by atoms with Gasteiger partial charge in [-0.2, -0.15) is 0 Å². The van der Waals surface area contributed by atoms with Crippen molar-refractivity contribution in [3.8, 4) is 5.69 Å². The average molecular weight is 524 g/mol. The molecule has 3 rings (SSSR count). The van der Waals surface area contributed by atoms with E-state index in [1.165, 1.54) is 49.6 Å². The summed E-state index contributed by atoms with van der Waals surface area (Å²) in [6.45, 7) is 2.42. The minimum absolute atomic E-state index is 0.00670. The van der Waals surface area contributed by atoms with E-state index in [0.717, 1.165) is 18.4 Å². The topological polar surface area (TPSA) is 59.8 Å². The van der Waals surface area contributed by atoms with Crippen LogP contribution in [0.5, 0.6) is 0 Å². The van der Waals surface area contributed by atoms with Crippen LogP contribution in [0.4, 0.5) is 4.39 Å². The summed E-state index contributed by atoms with van der Waals surface area (Å²) in [6, 6.07) is 11.6. The lowest BCUT2D eigenvalue weighted by molar-refractivity contribution is -0.121. The summed E-state index contributed by atoms with van der Waals surface area (Å²) in [5.41, 5.74) is 1.63. The van der Waals surface area contributed by atoms with Gasteiger partial charge in [-0.1, -0.05) is 86.1 Å². The van der Waals surface area contributed by atoms with Gasteiger partial charge >= 0.3 is 0 Å². The van der Waals surface area contributed by atoms with Crippen LogP contribution < -0.4 is 5.32 Å². The molecule has 9 heteroatoms. The molecule has 2 aromatic carbocycles. The van der Waals surface area contributed by atoms with Gasteiger partial charge in [-0.15, -0.1) is 10.2 Å². The van der Waals surface area contributed by atoms with E-state index in [9.17, 15) is 9.18 Å². The van der Waals surface area contributed by atoms with Crippen molar-refractivity contribution in [2.75, 3.05) is 0 Å². The third-order valence-corrected chi connectivity index (χ3v) is 6.87. The summed E-state index contributed by atoms with van der Waals surface area (Å²) < 4.78 is 15.1. The molecule has 1 aromatic heterocycles. The van der Waals surface area contributed by atoms with Crippen molar-refractivity contribution in [1.82, 2.24) is 20.1 Å². The Morgan fingerprint density at radius 2 is 1.76 bits per heavy atom. The van der Waals surface area contributed by atoms with Crippen LogP contribution in [0.2, 0.25) is 10.0 Å². The van der Waals surface area contributed by atoms with Gasteiger partial charge in [0.2, 0.25) is 5.91 Å². The van der Waals surface area contributed by atoms with Gasteiger partial charge in [0.1, 0.15) is 5.82 Å². The Balaban J connectivity index is 1.68. The van der Waals surface area contributed by atoms with Crippen LogP contribution >= 0.6 is 35.0 Å². The predicted octanol–water partition coefficient (Wildman–Crippen LogP) is 7.37. The van der Waals surface area contributed by atoms with Gasteiger partial charge in [-0.25, -0.2) is 4.39 Å². The second kappa shape index (κ2) is 13.7. The number of amides is 1. The Morgan fingerprint density at radius 3 is 2.50 bits per heavy atom. The Labute approximate surface area is 214 Å². The molecule has 3 aromatic rings. The van der Waals surface area contributed by atoms with E-state index in [0.29, 0.717) is 38.9 Å². The molecule has 5 nitrogen and oxygen atoms in total. The molecule has 0 spiro atoms. The molecule has 0 radical (unpaired) electrons. The van der Waals surface area contributed by atoms with Gasteiger partial charge in [0, 0.05) is 17.2 Å². The van der Waals surface area contributed by atoms with Crippen LogP contribution in [0, 0.1) is 5.82 Å². The van der Waals surface area contributed by atoms with Crippen molar-refractivity contribution in [3.63, 3.8) is 0 Å². The number of rotatable bonds is 13. The second-order valence-electron chi connectivity index (χ2n) is 8.04. The maximum absolute atomic E-state index is 13.2. The lowest BCUT2D eigenvalue weighted by Crippen LogP contribution is -2.24. The highest BCUT2D eigenvalue weighted by Crippen LogP contribution is 2.30. The normalized spacial score (nSPS) is 11.1. The van der Waals surface area contributed by atoms with Gasteiger partial charge in [0.25, 0.3) is 0 Å². The first-order valence-corrected chi connectivity index (χ1v) is 13.3. The highest BCUT2D eigenvalue weighted by atomic mass is 35.5. The largest absolute Gasteiger partial charge is 0.349 e. The highest BCUT2D eigenvalue weighted by molar-refractivity contribution is 7.98. The van der Waals surface area contributed by atoms with Gasteiger partial charge in [0.15, 0.2) is 11.0 Å². The number of aromatic nitrogens is 3. The molecule has 0 fully saturated rings. The van der Waals surface area contributed by atoms with Crippen molar-refractivity contribution in [1.29, 1.82) is 0 Å². The van der Waals surface area contributed by atoms with Gasteiger partial charge < -0.3 is 5.32 Å². The Kier molecular flexibility index (Phi) is 10.7. The summed E-state index contributed by atoms with van der Waals surface area (Å²) in [7, 11) is 0. The molecule has 0 aliphatic carbocycles. The summed E-state index contributed by atoms with van der Waals surface area (Å²) in [5, 5.41) is 13.2. The van der Waals surface area contributed by atoms with Crippen LogP contribution in [0.1, 0.15) is 63.3 Å². The molecular formula is C25H29Cl2FN4OS. The zero-order chi connectivity index (χ0) is 24.3. The number of nitrogens with one attached hydrogen (secondary N) is 1. The third kappa shape index (κ3) is 8.00. The number of unbranched alkanes of at least 4 members (excludes halogenated alkanes) is 5. The van der Waals surface area contributed by atoms with Crippen molar-refractivity contribution >= 4 is 40.9 Å². The highest BCUT2D eigenvalue weighted by Gasteiger charge is 2.18. The molecule has 1 amide bonds. The standard InChI is InChI=1S/C25H29Cl2FN4OS/c1-2-3-4-5-6-7-8-24(33)29-16-23-30-31-25(34-17-18-9-12-20(28)13-10-18)32(23)22-14-11-19(26)15-21(22)27/h9-15H,2-8,16-17H2,1H3,(H,29,33). The number of hydrogen-bond donors (Lipinski definition) is 1. The number of halogens is 3. The molecule has 0 aliphatic rings. The van der Waals surface area contributed by atoms with Gasteiger partial charge in [0.05, 0.1) is 17.3 Å². The van der Waals surface area contributed by atoms with E-state index in [1.807, 2.05) is 4.57 Å². The van der Waals surface area contributed by atoms with E-state index in [1.54, 1.807) is 30.3 Å². The molecule has 34 heavy (non-hydrogen) atoms. The van der Waals surface area contributed by atoms with Crippen molar-refractivity contribution in [2.45, 2.75) is 69.3 Å². The lowest BCUT2D eigenvalue weighted by Gasteiger charge is -2.13. The van der Waals surface area contributed by atoms with Crippen molar-refractivity contribution in [3.05, 3.63) is 69.7 Å². The third-order valence-electron chi connectivity index (χ3n) is 5.33. The molecule has 1 N–H and O–H groups in total. The first-order chi connectivity index (χ1) is 16.5. The minimum atomic E-state index is -0.274. The maximum atomic E-state index is 13.2. The molecule has 0 unspecified atom stereocenters.